The smallest absolute Gasteiger partial charge is 0.550 e. The molecule has 0 aromatic heterocycles. The number of hydrogen-bond donors (Lipinski definition) is 0. The number of carbonyl (C=O) groups is 1. The van der Waals surface area contributed by atoms with Gasteiger partial charge in [-0.1, -0.05) is 0 Å². The Balaban J connectivity index is 0.00000144. The Hall–Kier alpha value is 0.900. The summed E-state index contributed by atoms with van der Waals surface area (Å²) >= 11 is 0. The van der Waals surface area contributed by atoms with Gasteiger partial charge in [-0.05, 0) is 50.1 Å². The van der Waals surface area contributed by atoms with Crippen molar-refractivity contribution in [2.24, 2.45) is 5.92 Å². The van der Waals surface area contributed by atoms with Gasteiger partial charge in [-0.2, -0.15) is 0 Å². The van der Waals surface area contributed by atoms with Gasteiger partial charge in [-0.25, -0.2) is 0 Å². The number of aliphatic carboxylic acids is 1. The van der Waals surface area contributed by atoms with Crippen LogP contribution < -0.4 is 34.7 Å². The van der Waals surface area contributed by atoms with E-state index in [0.29, 0.717) is 5.92 Å². The molecule has 1 aliphatic carbocycles. The minimum Gasteiger partial charge on any atom is -0.550 e. The Morgan fingerprint density at radius 1 is 1.31 bits per heavy atom. The molecule has 0 radical (unpaired) electrons. The first-order valence-electron chi connectivity index (χ1n) is 4.64. The van der Waals surface area contributed by atoms with Crippen LogP contribution in [0.4, 0.5) is 0 Å². The predicted octanol–water partition coefficient (Wildman–Crippen LogP) is -2.05. The van der Waals surface area contributed by atoms with Crippen LogP contribution in [0.1, 0.15) is 38.5 Å². The number of carboxylic acid groups (broad SMARTS) is 1. The van der Waals surface area contributed by atoms with Gasteiger partial charge in [0, 0.05) is 5.97 Å². The monoisotopic (exact) mass is 210 g/mol. The Labute approximate surface area is 104 Å². The van der Waals surface area contributed by atoms with Crippen LogP contribution in [0.5, 0.6) is 0 Å². The molecule has 0 aliphatic heterocycles. The summed E-state index contributed by atoms with van der Waals surface area (Å²) in [5.74, 6) is -0.261. The van der Waals surface area contributed by atoms with E-state index < -0.39 is 5.97 Å². The van der Waals surface area contributed by atoms with Crippen LogP contribution in [-0.2, 0) is 4.79 Å². The average molecular weight is 210 g/mol. The fourth-order valence-corrected chi connectivity index (χ4v) is 2.18. The van der Waals surface area contributed by atoms with Crippen molar-refractivity contribution >= 4 is 15.2 Å². The van der Waals surface area contributed by atoms with Crippen molar-refractivity contribution in [1.82, 2.24) is 0 Å². The minimum atomic E-state index is -0.900. The maximum Gasteiger partial charge on any atom is 1.00 e. The van der Waals surface area contributed by atoms with Gasteiger partial charge in [0.15, 0.2) is 0 Å². The Morgan fingerprint density at radius 3 is 2.31 bits per heavy atom. The van der Waals surface area contributed by atoms with Gasteiger partial charge in [-0.15, -0.1) is 9.24 Å². The molecular formula is C9H16NaO2P. The normalized spacial score (nSPS) is 27.8. The summed E-state index contributed by atoms with van der Waals surface area (Å²) in [6, 6.07) is 0. The molecule has 13 heavy (non-hydrogen) atoms. The molecule has 0 saturated heterocycles. The van der Waals surface area contributed by atoms with Crippen LogP contribution in [-0.4, -0.2) is 11.6 Å². The first kappa shape index (κ1) is 13.9. The van der Waals surface area contributed by atoms with E-state index in [4.69, 9.17) is 0 Å². The minimum absolute atomic E-state index is 0. The maximum absolute atomic E-state index is 10.2. The van der Waals surface area contributed by atoms with E-state index in [2.05, 4.69) is 9.24 Å². The van der Waals surface area contributed by atoms with Crippen molar-refractivity contribution in [3.63, 3.8) is 0 Å². The standard InChI is InChI=1S/C9H17O2P.Na/c10-9(11)6-3-7-1-4-8(12)5-2-7;/h7-8H,1-6,12H2,(H,10,11);/q;+1/p-1. The molecule has 0 spiro atoms. The molecule has 1 atom stereocenters. The largest absolute Gasteiger partial charge is 1.00 e. The van der Waals surface area contributed by atoms with Gasteiger partial charge in [0.1, 0.15) is 0 Å². The molecule has 1 rings (SSSR count). The molecule has 1 saturated carbocycles. The van der Waals surface area contributed by atoms with Crippen molar-refractivity contribution in [3.05, 3.63) is 0 Å². The summed E-state index contributed by atoms with van der Waals surface area (Å²) < 4.78 is 0. The SMILES string of the molecule is O=C([O-])CCC1CCC(P)CC1.[Na+]. The second-order valence-corrected chi connectivity index (χ2v) is 4.63. The summed E-state index contributed by atoms with van der Waals surface area (Å²) in [5.41, 5.74) is 0.768. The van der Waals surface area contributed by atoms with Crippen molar-refractivity contribution in [2.45, 2.75) is 44.2 Å². The third-order valence-corrected chi connectivity index (χ3v) is 3.31. The zero-order valence-corrected chi connectivity index (χ0v) is 11.4. The number of hydrogen-bond acceptors (Lipinski definition) is 2. The van der Waals surface area contributed by atoms with Crippen LogP contribution in [0, 0.1) is 5.92 Å². The summed E-state index contributed by atoms with van der Waals surface area (Å²) in [6.07, 6.45) is 5.93. The molecule has 70 valence electrons. The van der Waals surface area contributed by atoms with Crippen LogP contribution in [0.3, 0.4) is 0 Å². The van der Waals surface area contributed by atoms with Crippen molar-refractivity contribution in [2.75, 3.05) is 0 Å². The van der Waals surface area contributed by atoms with E-state index in [9.17, 15) is 9.90 Å². The summed E-state index contributed by atoms with van der Waals surface area (Å²) in [5, 5.41) is 10.2. The Morgan fingerprint density at radius 2 is 1.85 bits per heavy atom. The third kappa shape index (κ3) is 6.06. The first-order valence-corrected chi connectivity index (χ1v) is 5.30. The van der Waals surface area contributed by atoms with Crippen molar-refractivity contribution in [1.29, 1.82) is 0 Å². The van der Waals surface area contributed by atoms with E-state index >= 15 is 0 Å². The van der Waals surface area contributed by atoms with E-state index in [1.165, 1.54) is 25.7 Å². The molecule has 0 bridgehead atoms. The molecular weight excluding hydrogens is 194 g/mol. The summed E-state index contributed by atoms with van der Waals surface area (Å²) in [6.45, 7) is 0. The number of carbonyl (C=O) groups excluding carboxylic acids is 1. The Kier molecular flexibility index (Phi) is 7.73. The van der Waals surface area contributed by atoms with Crippen molar-refractivity contribution in [3.8, 4) is 0 Å². The third-order valence-electron chi connectivity index (χ3n) is 2.65. The quantitative estimate of drug-likeness (QED) is 0.397. The molecule has 0 aromatic rings. The summed E-state index contributed by atoms with van der Waals surface area (Å²) in [4.78, 5) is 10.2. The molecule has 4 heteroatoms. The van der Waals surface area contributed by atoms with Gasteiger partial charge in [-0.3, -0.25) is 0 Å². The van der Waals surface area contributed by atoms with Crippen LogP contribution >= 0.6 is 9.24 Å². The predicted molar refractivity (Wildman–Crippen MR) is 49.7 cm³/mol. The molecule has 0 aromatic carbocycles. The van der Waals surface area contributed by atoms with Crippen LogP contribution in [0.2, 0.25) is 0 Å². The van der Waals surface area contributed by atoms with Gasteiger partial charge in [0.25, 0.3) is 0 Å². The van der Waals surface area contributed by atoms with E-state index in [1.54, 1.807) is 0 Å². The zero-order chi connectivity index (χ0) is 8.97. The van der Waals surface area contributed by atoms with E-state index in [1.807, 2.05) is 0 Å². The molecule has 1 fully saturated rings. The van der Waals surface area contributed by atoms with Gasteiger partial charge < -0.3 is 9.90 Å². The first-order chi connectivity index (χ1) is 5.68. The van der Waals surface area contributed by atoms with Crippen LogP contribution in [0.15, 0.2) is 0 Å². The number of carboxylic acids is 1. The van der Waals surface area contributed by atoms with E-state index in [0.717, 1.165) is 12.1 Å². The second-order valence-electron chi connectivity index (χ2n) is 3.69. The Bertz CT molecular complexity index is 156. The molecule has 0 amide bonds. The fraction of sp³-hybridized carbons (Fsp3) is 0.889. The molecule has 1 unspecified atom stereocenters. The summed E-state index contributed by atoms with van der Waals surface area (Å²) in [7, 11) is 2.85. The van der Waals surface area contributed by atoms with E-state index in [-0.39, 0.29) is 36.0 Å². The van der Waals surface area contributed by atoms with Gasteiger partial charge in [0.05, 0.1) is 0 Å². The maximum atomic E-state index is 10.2. The fourth-order valence-electron chi connectivity index (χ4n) is 1.80. The zero-order valence-electron chi connectivity index (χ0n) is 8.29. The second kappa shape index (κ2) is 7.23. The molecule has 0 N–H and O–H groups in total. The van der Waals surface area contributed by atoms with Crippen molar-refractivity contribution < 1.29 is 39.5 Å². The topological polar surface area (TPSA) is 40.1 Å². The molecule has 2 nitrogen and oxygen atoms in total. The van der Waals surface area contributed by atoms with Crippen LogP contribution in [0.25, 0.3) is 0 Å². The molecule has 0 heterocycles. The molecule has 1 aliphatic rings. The van der Waals surface area contributed by atoms with Gasteiger partial charge >= 0.3 is 29.6 Å². The average Bonchev–Trinajstić information content (AvgIpc) is 2.03. The van der Waals surface area contributed by atoms with Gasteiger partial charge in [0.2, 0.25) is 0 Å². The number of rotatable bonds is 3.